The molecule has 0 radical (unpaired) electrons. The summed E-state index contributed by atoms with van der Waals surface area (Å²) in [5.74, 6) is 0.333. The third-order valence-corrected chi connectivity index (χ3v) is 4.53. The monoisotopic (exact) mass is 454 g/mol. The van der Waals surface area contributed by atoms with Crippen molar-refractivity contribution >= 4 is 38.9 Å². The number of halogens is 1. The van der Waals surface area contributed by atoms with Gasteiger partial charge in [-0.3, -0.25) is 10.3 Å². The van der Waals surface area contributed by atoms with Gasteiger partial charge in [-0.25, -0.2) is 19.4 Å². The average molecular weight is 455 g/mol. The highest BCUT2D eigenvalue weighted by Gasteiger charge is 2.20. The van der Waals surface area contributed by atoms with Crippen LogP contribution < -0.4 is 10.1 Å². The highest BCUT2D eigenvalue weighted by atomic mass is 79.9. The van der Waals surface area contributed by atoms with Crippen molar-refractivity contribution in [2.75, 3.05) is 5.32 Å². The van der Waals surface area contributed by atoms with E-state index in [1.54, 1.807) is 41.5 Å². The molecule has 0 fully saturated rings. The average Bonchev–Trinajstić information content (AvgIpc) is 3.22. The van der Waals surface area contributed by atoms with Crippen LogP contribution in [0.4, 0.5) is 10.6 Å². The number of rotatable bonds is 5. The van der Waals surface area contributed by atoms with Crippen LogP contribution in [0.15, 0.2) is 59.6 Å². The van der Waals surface area contributed by atoms with Crippen molar-refractivity contribution in [3.05, 3.63) is 65.3 Å². The maximum absolute atomic E-state index is 11.2. The van der Waals surface area contributed by atoms with Gasteiger partial charge in [-0.2, -0.15) is 5.10 Å². The van der Waals surface area contributed by atoms with Crippen LogP contribution in [0.5, 0.6) is 5.75 Å². The van der Waals surface area contributed by atoms with E-state index in [1.165, 1.54) is 0 Å². The molecule has 0 aromatic carbocycles. The molecule has 10 heteroatoms. The van der Waals surface area contributed by atoms with Gasteiger partial charge in [-0.15, -0.1) is 0 Å². The number of ether oxygens (including phenoxy) is 1. The van der Waals surface area contributed by atoms with E-state index in [0.29, 0.717) is 21.3 Å². The first-order valence-electron chi connectivity index (χ1n) is 8.60. The zero-order valence-electron chi connectivity index (χ0n) is 15.2. The van der Waals surface area contributed by atoms with E-state index in [0.717, 1.165) is 5.69 Å². The number of hydrogen-bond acceptors (Lipinski definition) is 6. The Morgan fingerprint density at radius 1 is 1.21 bits per heavy atom. The quantitative estimate of drug-likeness (QED) is 0.434. The van der Waals surface area contributed by atoms with E-state index >= 15 is 0 Å². The fraction of sp³-hybridized carbons (Fsp3) is 0.105. The van der Waals surface area contributed by atoms with Crippen LogP contribution in [-0.4, -0.2) is 35.9 Å². The molecule has 146 valence electrons. The van der Waals surface area contributed by atoms with Crippen LogP contribution in [0, 0.1) is 0 Å². The molecule has 29 heavy (non-hydrogen) atoms. The second-order valence-corrected chi connectivity index (χ2v) is 6.87. The molecule has 0 bridgehead atoms. The maximum Gasteiger partial charge on any atom is 0.410 e. The second kappa shape index (κ2) is 7.84. The van der Waals surface area contributed by atoms with E-state index in [-0.39, 0.29) is 11.6 Å². The van der Waals surface area contributed by atoms with Crippen LogP contribution in [0.3, 0.4) is 0 Å². The standard InChI is InChI=1S/C19H15BrN6O3/c1-11(17-14(5-6-16(20)24-17)26-9-3-8-22-26)29-15-10-13-12(4-2-7-21-13)23-18(15)25-19(27)28/h2-11H,1H3,(H,23,25)(H,27,28)/t11-/m0/s1. The van der Waals surface area contributed by atoms with E-state index in [4.69, 9.17) is 9.84 Å². The first-order valence-corrected chi connectivity index (χ1v) is 9.39. The number of carboxylic acid groups (broad SMARTS) is 1. The summed E-state index contributed by atoms with van der Waals surface area (Å²) in [7, 11) is 0. The third-order valence-electron chi connectivity index (χ3n) is 4.08. The fourth-order valence-corrected chi connectivity index (χ4v) is 3.18. The Balaban J connectivity index is 1.75. The minimum atomic E-state index is -1.24. The summed E-state index contributed by atoms with van der Waals surface area (Å²) >= 11 is 3.38. The molecule has 1 atom stereocenters. The van der Waals surface area contributed by atoms with Crippen LogP contribution in [0.25, 0.3) is 16.7 Å². The molecule has 0 unspecified atom stereocenters. The summed E-state index contributed by atoms with van der Waals surface area (Å²) in [4.78, 5) is 24.3. The van der Waals surface area contributed by atoms with Gasteiger partial charge in [0.05, 0.1) is 16.7 Å². The highest BCUT2D eigenvalue weighted by Crippen LogP contribution is 2.32. The van der Waals surface area contributed by atoms with Crippen molar-refractivity contribution in [3.8, 4) is 11.4 Å². The number of aromatic nitrogens is 5. The first kappa shape index (κ1) is 18.8. The lowest BCUT2D eigenvalue weighted by Crippen LogP contribution is -2.14. The van der Waals surface area contributed by atoms with E-state index < -0.39 is 12.2 Å². The van der Waals surface area contributed by atoms with Gasteiger partial charge in [-0.1, -0.05) is 0 Å². The smallest absolute Gasteiger partial charge is 0.410 e. The number of carbonyl (C=O) groups is 1. The number of hydrogen-bond donors (Lipinski definition) is 2. The Kier molecular flexibility index (Phi) is 5.09. The zero-order chi connectivity index (χ0) is 20.4. The summed E-state index contributed by atoms with van der Waals surface area (Å²) in [6.07, 6.45) is 3.33. The largest absolute Gasteiger partial charge is 0.480 e. The van der Waals surface area contributed by atoms with Gasteiger partial charge in [0.1, 0.15) is 16.4 Å². The molecule has 0 aliphatic rings. The van der Waals surface area contributed by atoms with E-state index in [2.05, 4.69) is 41.3 Å². The minimum absolute atomic E-state index is 0.0838. The second-order valence-electron chi connectivity index (χ2n) is 6.06. The van der Waals surface area contributed by atoms with Gasteiger partial charge >= 0.3 is 6.09 Å². The molecular weight excluding hydrogens is 440 g/mol. The Hall–Kier alpha value is -3.53. The third kappa shape index (κ3) is 4.02. The van der Waals surface area contributed by atoms with Crippen LogP contribution in [0.2, 0.25) is 0 Å². The maximum atomic E-state index is 11.2. The summed E-state index contributed by atoms with van der Waals surface area (Å²) in [6, 6.07) is 10.6. The molecule has 0 saturated carbocycles. The van der Waals surface area contributed by atoms with Crippen LogP contribution in [-0.2, 0) is 0 Å². The summed E-state index contributed by atoms with van der Waals surface area (Å²) in [5.41, 5.74) is 2.49. The van der Waals surface area contributed by atoms with Gasteiger partial charge in [0, 0.05) is 24.7 Å². The van der Waals surface area contributed by atoms with Crippen LogP contribution in [0.1, 0.15) is 18.7 Å². The van der Waals surface area contributed by atoms with E-state index in [1.807, 2.05) is 25.1 Å². The molecule has 4 heterocycles. The van der Waals surface area contributed by atoms with Crippen molar-refractivity contribution in [2.24, 2.45) is 0 Å². The van der Waals surface area contributed by atoms with Crippen molar-refractivity contribution < 1.29 is 14.6 Å². The predicted octanol–water partition coefficient (Wildman–Crippen LogP) is 4.20. The van der Waals surface area contributed by atoms with Gasteiger partial charge in [0.2, 0.25) is 0 Å². The van der Waals surface area contributed by atoms with Crippen LogP contribution >= 0.6 is 15.9 Å². The Morgan fingerprint density at radius 3 is 2.83 bits per heavy atom. The SMILES string of the molecule is C[C@H](Oc1cc2ncccc2nc1NC(=O)O)c1nc(Br)ccc1-n1cccn1. The molecule has 4 aromatic heterocycles. The summed E-state index contributed by atoms with van der Waals surface area (Å²) < 4.78 is 8.41. The number of amides is 1. The van der Waals surface area contributed by atoms with Gasteiger partial charge in [0.15, 0.2) is 11.6 Å². The van der Waals surface area contributed by atoms with E-state index in [9.17, 15) is 4.79 Å². The van der Waals surface area contributed by atoms with Crippen molar-refractivity contribution in [1.82, 2.24) is 24.7 Å². The molecular formula is C19H15BrN6O3. The fourth-order valence-electron chi connectivity index (χ4n) is 2.86. The summed E-state index contributed by atoms with van der Waals surface area (Å²) in [6.45, 7) is 1.81. The predicted molar refractivity (Wildman–Crippen MR) is 109 cm³/mol. The number of nitrogens with one attached hydrogen (secondary N) is 1. The normalized spacial score (nSPS) is 11.9. The minimum Gasteiger partial charge on any atom is -0.480 e. The lowest BCUT2D eigenvalue weighted by Gasteiger charge is -2.19. The molecule has 9 nitrogen and oxygen atoms in total. The Labute approximate surface area is 173 Å². The lowest BCUT2D eigenvalue weighted by molar-refractivity contribution is 0.207. The number of anilines is 1. The molecule has 4 rings (SSSR count). The number of fused-ring (bicyclic) bond motifs is 1. The van der Waals surface area contributed by atoms with Gasteiger partial charge < -0.3 is 9.84 Å². The summed E-state index contributed by atoms with van der Waals surface area (Å²) in [5, 5.41) is 15.7. The lowest BCUT2D eigenvalue weighted by atomic mass is 10.2. The first-order chi connectivity index (χ1) is 14.0. The molecule has 1 amide bonds. The Morgan fingerprint density at radius 2 is 2.07 bits per heavy atom. The zero-order valence-corrected chi connectivity index (χ0v) is 16.7. The van der Waals surface area contributed by atoms with Gasteiger partial charge in [0.25, 0.3) is 0 Å². The molecule has 4 aromatic rings. The topological polar surface area (TPSA) is 115 Å². The number of nitrogens with zero attached hydrogens (tertiary/aromatic N) is 5. The molecule has 2 N–H and O–H groups in total. The molecule has 0 spiro atoms. The van der Waals surface area contributed by atoms with Crippen molar-refractivity contribution in [1.29, 1.82) is 0 Å². The number of pyridine rings is 3. The van der Waals surface area contributed by atoms with Crippen molar-refractivity contribution in [3.63, 3.8) is 0 Å². The molecule has 0 saturated heterocycles. The molecule has 0 aliphatic carbocycles. The Bertz CT molecular complexity index is 1180. The highest BCUT2D eigenvalue weighted by molar-refractivity contribution is 9.10. The molecule has 0 aliphatic heterocycles. The van der Waals surface area contributed by atoms with Crippen molar-refractivity contribution in [2.45, 2.75) is 13.0 Å². The van der Waals surface area contributed by atoms with Gasteiger partial charge in [-0.05, 0) is 53.2 Å².